The molecule has 1 aromatic rings. The summed E-state index contributed by atoms with van der Waals surface area (Å²) < 4.78 is 4.94. The van der Waals surface area contributed by atoms with Crippen LogP contribution in [0.3, 0.4) is 0 Å². The molecule has 0 aromatic heterocycles. The number of carbonyl (C=O) groups excluding carboxylic acids is 1. The van der Waals surface area contributed by atoms with Crippen molar-refractivity contribution in [3.8, 4) is 0 Å². The van der Waals surface area contributed by atoms with Crippen LogP contribution in [0.5, 0.6) is 0 Å². The summed E-state index contributed by atoms with van der Waals surface area (Å²) in [5.74, 6) is -0.288. The van der Waals surface area contributed by atoms with Crippen molar-refractivity contribution in [2.24, 2.45) is 5.73 Å². The van der Waals surface area contributed by atoms with Crippen LogP contribution in [0.2, 0.25) is 19.1 Å². The van der Waals surface area contributed by atoms with E-state index >= 15 is 0 Å². The van der Waals surface area contributed by atoms with Gasteiger partial charge in [-0.25, -0.2) is 0 Å². The second-order valence-electron chi connectivity index (χ2n) is 4.81. The summed E-state index contributed by atoms with van der Waals surface area (Å²) in [6.45, 7) is 6.63. The molecule has 1 atom stereocenters. The minimum Gasteiger partial charge on any atom is -0.465 e. The van der Waals surface area contributed by atoms with Gasteiger partial charge in [0.05, 0.1) is 14.7 Å². The first-order valence-corrected chi connectivity index (χ1v) is 9.16. The number of ether oxygens (including phenoxy) is 1. The molecule has 0 saturated carbocycles. The van der Waals surface area contributed by atoms with Gasteiger partial charge in [-0.05, 0) is 13.0 Å². The van der Waals surface area contributed by atoms with Crippen molar-refractivity contribution in [2.45, 2.75) is 32.1 Å². The lowest BCUT2D eigenvalue weighted by Gasteiger charge is -2.25. The number of rotatable bonds is 5. The maximum atomic E-state index is 11.5. The minimum absolute atomic E-state index is 0.288. The zero-order valence-corrected chi connectivity index (χ0v) is 11.8. The van der Waals surface area contributed by atoms with Crippen LogP contribution < -0.4 is 10.9 Å². The molecule has 0 amide bonds. The largest absolute Gasteiger partial charge is 0.465 e. The van der Waals surface area contributed by atoms with Gasteiger partial charge in [-0.2, -0.15) is 0 Å². The fourth-order valence-corrected chi connectivity index (χ4v) is 4.49. The van der Waals surface area contributed by atoms with Crippen LogP contribution >= 0.6 is 0 Å². The first-order valence-electron chi connectivity index (χ1n) is 5.95. The summed E-state index contributed by atoms with van der Waals surface area (Å²) in [6, 6.07) is 10.5. The molecule has 0 unspecified atom stereocenters. The number of benzene rings is 1. The Morgan fingerprint density at radius 3 is 2.47 bits per heavy atom. The molecule has 4 heteroatoms. The molecule has 2 N–H and O–H groups in total. The average molecular weight is 251 g/mol. The predicted molar refractivity (Wildman–Crippen MR) is 73.0 cm³/mol. The van der Waals surface area contributed by atoms with Gasteiger partial charge in [-0.15, -0.1) is 0 Å². The Kier molecular flexibility index (Phi) is 4.90. The molecule has 1 rings (SSSR count). The van der Waals surface area contributed by atoms with Crippen molar-refractivity contribution in [1.82, 2.24) is 0 Å². The zero-order chi connectivity index (χ0) is 12.9. The van der Waals surface area contributed by atoms with Gasteiger partial charge in [-0.1, -0.05) is 48.6 Å². The van der Waals surface area contributed by atoms with Gasteiger partial charge in [0.15, 0.2) is 0 Å². The van der Waals surface area contributed by atoms with Gasteiger partial charge in [0.1, 0.15) is 6.04 Å². The molecule has 1 aromatic carbocycles. The van der Waals surface area contributed by atoms with Crippen LogP contribution in [0, 0.1) is 0 Å². The molecule has 3 nitrogen and oxygen atoms in total. The number of nitrogens with two attached hydrogens (primary N) is 1. The first kappa shape index (κ1) is 13.9. The molecular weight excluding hydrogens is 230 g/mol. The van der Waals surface area contributed by atoms with Crippen molar-refractivity contribution >= 4 is 19.2 Å². The molecule has 0 aliphatic heterocycles. The molecule has 0 bridgehead atoms. The van der Waals surface area contributed by atoms with E-state index in [1.165, 1.54) is 5.19 Å². The van der Waals surface area contributed by atoms with Crippen LogP contribution in [-0.2, 0) is 9.53 Å². The summed E-state index contributed by atoms with van der Waals surface area (Å²) in [7, 11) is -1.66. The van der Waals surface area contributed by atoms with Gasteiger partial charge in [0.2, 0.25) is 0 Å². The van der Waals surface area contributed by atoms with Crippen LogP contribution in [0.25, 0.3) is 0 Å². The van der Waals surface area contributed by atoms with E-state index in [-0.39, 0.29) is 5.97 Å². The maximum absolute atomic E-state index is 11.5. The van der Waals surface area contributed by atoms with Crippen LogP contribution in [0.1, 0.15) is 6.92 Å². The second kappa shape index (κ2) is 5.98. The van der Waals surface area contributed by atoms with E-state index in [4.69, 9.17) is 10.5 Å². The van der Waals surface area contributed by atoms with Gasteiger partial charge < -0.3 is 10.5 Å². The van der Waals surface area contributed by atoms with E-state index in [2.05, 4.69) is 25.2 Å². The molecule has 0 saturated heterocycles. The third-order valence-electron chi connectivity index (χ3n) is 2.87. The summed E-state index contributed by atoms with van der Waals surface area (Å²) >= 11 is 0. The molecule has 0 spiro atoms. The molecule has 17 heavy (non-hydrogen) atoms. The second-order valence-corrected chi connectivity index (χ2v) is 9.57. The van der Waals surface area contributed by atoms with Crippen molar-refractivity contribution in [2.75, 3.05) is 6.61 Å². The Morgan fingerprint density at radius 1 is 1.35 bits per heavy atom. The Bertz CT molecular complexity index is 365. The van der Waals surface area contributed by atoms with E-state index in [1.807, 2.05) is 18.2 Å². The lowest BCUT2D eigenvalue weighted by atomic mass is 10.4. The van der Waals surface area contributed by atoms with Gasteiger partial charge >= 0.3 is 5.97 Å². The van der Waals surface area contributed by atoms with Crippen LogP contribution in [-0.4, -0.2) is 26.7 Å². The molecule has 0 radical (unpaired) electrons. The summed E-state index contributed by atoms with van der Waals surface area (Å²) in [4.78, 5) is 11.5. The molecule has 94 valence electrons. The number of carbonyl (C=O) groups is 1. The smallest absolute Gasteiger partial charge is 0.322 e. The van der Waals surface area contributed by atoms with Crippen molar-refractivity contribution in [1.29, 1.82) is 0 Å². The van der Waals surface area contributed by atoms with Crippen molar-refractivity contribution in [3.63, 3.8) is 0 Å². The Hall–Kier alpha value is -1.13. The highest BCUT2D eigenvalue weighted by molar-refractivity contribution is 6.90. The van der Waals surface area contributed by atoms with E-state index in [1.54, 1.807) is 6.92 Å². The number of esters is 1. The summed E-state index contributed by atoms with van der Waals surface area (Å²) in [5, 5.41) is 1.32. The first-order chi connectivity index (χ1) is 7.97. The van der Waals surface area contributed by atoms with Crippen LogP contribution in [0.15, 0.2) is 30.3 Å². The lowest BCUT2D eigenvalue weighted by molar-refractivity contribution is -0.144. The number of hydrogen-bond donors (Lipinski definition) is 1. The lowest BCUT2D eigenvalue weighted by Crippen LogP contribution is -2.48. The fraction of sp³-hybridized carbons (Fsp3) is 0.462. The minimum atomic E-state index is -1.66. The third-order valence-corrected chi connectivity index (χ3v) is 6.23. The molecule has 0 fully saturated rings. The van der Waals surface area contributed by atoms with Crippen molar-refractivity contribution < 1.29 is 9.53 Å². The fourth-order valence-electron chi connectivity index (χ4n) is 1.89. The highest BCUT2D eigenvalue weighted by atomic mass is 28.3. The van der Waals surface area contributed by atoms with Gasteiger partial charge in [0, 0.05) is 0 Å². The Labute approximate surface area is 104 Å². The Balaban J connectivity index is 2.70. The molecule has 0 heterocycles. The topological polar surface area (TPSA) is 52.3 Å². The highest BCUT2D eigenvalue weighted by Crippen LogP contribution is 2.12. The van der Waals surface area contributed by atoms with E-state index in [0.717, 1.165) is 6.04 Å². The Morgan fingerprint density at radius 2 is 1.94 bits per heavy atom. The standard InChI is InChI=1S/C13H21NO2Si/c1-4-16-13(15)12(14)10-17(2,3)11-8-6-5-7-9-11/h5-9,12H,4,10,14H2,1-3H3/t12-/m0/s1. The van der Waals surface area contributed by atoms with Crippen molar-refractivity contribution in [3.05, 3.63) is 30.3 Å². The van der Waals surface area contributed by atoms with E-state index < -0.39 is 14.1 Å². The molecule has 0 aliphatic rings. The molecule has 0 aliphatic carbocycles. The molecular formula is C13H21NO2Si. The third kappa shape index (κ3) is 3.98. The number of hydrogen-bond acceptors (Lipinski definition) is 3. The summed E-state index contributed by atoms with van der Waals surface area (Å²) in [5.41, 5.74) is 5.89. The average Bonchev–Trinajstić information content (AvgIpc) is 2.30. The quantitative estimate of drug-likeness (QED) is 0.637. The van der Waals surface area contributed by atoms with E-state index in [0.29, 0.717) is 6.61 Å². The predicted octanol–water partition coefficient (Wildman–Crippen LogP) is 1.49. The zero-order valence-electron chi connectivity index (χ0n) is 10.8. The van der Waals surface area contributed by atoms with Gasteiger partial charge in [0.25, 0.3) is 0 Å². The SMILES string of the molecule is CCOC(=O)[C@@H](N)C[Si](C)(C)c1ccccc1. The van der Waals surface area contributed by atoms with E-state index in [9.17, 15) is 4.79 Å². The van der Waals surface area contributed by atoms with Gasteiger partial charge in [-0.3, -0.25) is 4.79 Å². The summed E-state index contributed by atoms with van der Waals surface area (Å²) in [6.07, 6.45) is 0. The highest BCUT2D eigenvalue weighted by Gasteiger charge is 2.29. The normalized spacial score (nSPS) is 13.2. The monoisotopic (exact) mass is 251 g/mol. The maximum Gasteiger partial charge on any atom is 0.322 e. The van der Waals surface area contributed by atoms with Crippen LogP contribution in [0.4, 0.5) is 0 Å².